The van der Waals surface area contributed by atoms with Crippen LogP contribution >= 0.6 is 23.1 Å². The number of aliphatic imine (C=N–C) groups is 1. The molecule has 2 heterocycles. The van der Waals surface area contributed by atoms with Gasteiger partial charge in [0.25, 0.3) is 0 Å². The Morgan fingerprint density at radius 1 is 1.67 bits per heavy atom. The number of thiazole rings is 1. The molecule has 15 heavy (non-hydrogen) atoms. The first-order valence-electron chi connectivity index (χ1n) is 5.06. The zero-order valence-electron chi connectivity index (χ0n) is 8.99. The van der Waals surface area contributed by atoms with Gasteiger partial charge in [-0.15, -0.1) is 11.3 Å². The standard InChI is InChI=1S/C10H15N3S2/c1-3-10(2)7-15-9(13-10)12-6-8-11-4-5-14-8/h4-5H,3,6-7H2,1-2H3,(H,12,13). The third-order valence-electron chi connectivity index (χ3n) is 2.56. The summed E-state index contributed by atoms with van der Waals surface area (Å²) in [5.41, 5.74) is 0.229. The molecule has 1 fully saturated rings. The van der Waals surface area contributed by atoms with Crippen molar-refractivity contribution in [3.63, 3.8) is 0 Å². The van der Waals surface area contributed by atoms with Crippen molar-refractivity contribution in [1.29, 1.82) is 0 Å². The summed E-state index contributed by atoms with van der Waals surface area (Å²) in [5.74, 6) is 1.11. The van der Waals surface area contributed by atoms with Crippen LogP contribution in [0.4, 0.5) is 0 Å². The Kier molecular flexibility index (Phi) is 3.31. The van der Waals surface area contributed by atoms with Gasteiger partial charge in [0.2, 0.25) is 0 Å². The molecule has 0 bridgehead atoms. The Morgan fingerprint density at radius 3 is 3.13 bits per heavy atom. The summed E-state index contributed by atoms with van der Waals surface area (Å²) in [5, 5.41) is 7.60. The lowest BCUT2D eigenvalue weighted by Gasteiger charge is -2.20. The Labute approximate surface area is 98.4 Å². The van der Waals surface area contributed by atoms with Crippen LogP contribution in [-0.4, -0.2) is 21.4 Å². The van der Waals surface area contributed by atoms with Crippen molar-refractivity contribution in [1.82, 2.24) is 10.3 Å². The average Bonchev–Trinajstić information content (AvgIpc) is 2.85. The summed E-state index contributed by atoms with van der Waals surface area (Å²) in [7, 11) is 0. The van der Waals surface area contributed by atoms with Crippen molar-refractivity contribution in [2.45, 2.75) is 32.4 Å². The van der Waals surface area contributed by atoms with E-state index in [1.165, 1.54) is 0 Å². The smallest absolute Gasteiger partial charge is 0.157 e. The van der Waals surface area contributed by atoms with Crippen LogP contribution in [0, 0.1) is 0 Å². The van der Waals surface area contributed by atoms with E-state index in [0.717, 1.165) is 22.3 Å². The van der Waals surface area contributed by atoms with Crippen LogP contribution in [0.1, 0.15) is 25.3 Å². The van der Waals surface area contributed by atoms with Gasteiger partial charge in [0.05, 0.1) is 6.54 Å². The highest BCUT2D eigenvalue weighted by Crippen LogP contribution is 2.25. The highest BCUT2D eigenvalue weighted by atomic mass is 32.2. The zero-order valence-corrected chi connectivity index (χ0v) is 10.6. The summed E-state index contributed by atoms with van der Waals surface area (Å²) in [4.78, 5) is 8.73. The monoisotopic (exact) mass is 241 g/mol. The van der Waals surface area contributed by atoms with Crippen molar-refractivity contribution in [3.05, 3.63) is 16.6 Å². The van der Waals surface area contributed by atoms with E-state index in [1.54, 1.807) is 11.3 Å². The Morgan fingerprint density at radius 2 is 2.53 bits per heavy atom. The number of nitrogens with one attached hydrogen (secondary N) is 1. The fraction of sp³-hybridized carbons (Fsp3) is 0.600. The van der Waals surface area contributed by atoms with E-state index in [9.17, 15) is 0 Å². The second-order valence-electron chi connectivity index (χ2n) is 3.88. The summed E-state index contributed by atoms with van der Waals surface area (Å²) >= 11 is 3.47. The molecule has 2 rings (SSSR count). The van der Waals surface area contributed by atoms with Gasteiger partial charge in [-0.25, -0.2) is 4.98 Å². The number of hydrogen-bond donors (Lipinski definition) is 1. The van der Waals surface area contributed by atoms with Crippen molar-refractivity contribution in [2.24, 2.45) is 4.99 Å². The Bertz CT molecular complexity index is 348. The van der Waals surface area contributed by atoms with Gasteiger partial charge >= 0.3 is 0 Å². The van der Waals surface area contributed by atoms with Crippen LogP contribution in [0.3, 0.4) is 0 Å². The third kappa shape index (κ3) is 2.72. The van der Waals surface area contributed by atoms with Gasteiger partial charge in [0.15, 0.2) is 5.17 Å². The number of aromatic nitrogens is 1. The van der Waals surface area contributed by atoms with Gasteiger partial charge in [-0.2, -0.15) is 0 Å². The lowest BCUT2D eigenvalue weighted by molar-refractivity contribution is 0.466. The Hall–Kier alpha value is -0.550. The predicted octanol–water partition coefficient (Wildman–Crippen LogP) is 2.50. The van der Waals surface area contributed by atoms with Gasteiger partial charge in [0.1, 0.15) is 5.01 Å². The number of thioether (sulfide) groups is 1. The molecule has 1 aliphatic heterocycles. The molecule has 1 aromatic rings. The van der Waals surface area contributed by atoms with Crippen LogP contribution in [0.25, 0.3) is 0 Å². The molecule has 0 aromatic carbocycles. The molecule has 0 saturated carbocycles. The van der Waals surface area contributed by atoms with Crippen LogP contribution in [0.5, 0.6) is 0 Å². The molecular weight excluding hydrogens is 226 g/mol. The molecule has 1 aromatic heterocycles. The minimum absolute atomic E-state index is 0.229. The largest absolute Gasteiger partial charge is 0.359 e. The SMILES string of the molecule is CCC1(C)CSC(=NCc2nccs2)N1. The van der Waals surface area contributed by atoms with Crippen LogP contribution < -0.4 is 5.32 Å². The summed E-state index contributed by atoms with van der Waals surface area (Å²) < 4.78 is 0. The van der Waals surface area contributed by atoms with Crippen molar-refractivity contribution in [2.75, 3.05) is 5.75 Å². The summed E-state index contributed by atoms with van der Waals surface area (Å²) in [6, 6.07) is 0. The number of amidine groups is 1. The van der Waals surface area contributed by atoms with E-state index in [2.05, 4.69) is 29.1 Å². The fourth-order valence-corrected chi connectivity index (χ4v) is 3.05. The molecule has 1 saturated heterocycles. The Balaban J connectivity index is 1.93. The predicted molar refractivity (Wildman–Crippen MR) is 67.5 cm³/mol. The maximum Gasteiger partial charge on any atom is 0.157 e. The molecule has 0 aliphatic carbocycles. The first-order chi connectivity index (χ1) is 7.22. The fourth-order valence-electron chi connectivity index (χ4n) is 1.30. The van der Waals surface area contributed by atoms with E-state index in [-0.39, 0.29) is 5.54 Å². The maximum absolute atomic E-state index is 4.53. The molecule has 1 atom stereocenters. The molecule has 82 valence electrons. The minimum Gasteiger partial charge on any atom is -0.359 e. The quantitative estimate of drug-likeness (QED) is 0.883. The molecule has 0 spiro atoms. The van der Waals surface area contributed by atoms with E-state index in [0.29, 0.717) is 6.54 Å². The number of hydrogen-bond acceptors (Lipinski definition) is 4. The molecule has 0 radical (unpaired) electrons. The van der Waals surface area contributed by atoms with Crippen molar-refractivity contribution < 1.29 is 0 Å². The van der Waals surface area contributed by atoms with E-state index < -0.39 is 0 Å². The second-order valence-corrected chi connectivity index (χ2v) is 5.82. The van der Waals surface area contributed by atoms with Crippen LogP contribution in [0.15, 0.2) is 16.6 Å². The topological polar surface area (TPSA) is 37.3 Å². The van der Waals surface area contributed by atoms with Gasteiger partial charge < -0.3 is 5.32 Å². The highest BCUT2D eigenvalue weighted by molar-refractivity contribution is 8.14. The molecule has 0 amide bonds. The van der Waals surface area contributed by atoms with Gasteiger partial charge in [-0.05, 0) is 13.3 Å². The second kappa shape index (κ2) is 4.53. The third-order valence-corrected chi connectivity index (χ3v) is 4.61. The van der Waals surface area contributed by atoms with Gasteiger partial charge in [0, 0.05) is 22.9 Å². The van der Waals surface area contributed by atoms with E-state index in [4.69, 9.17) is 0 Å². The molecule has 1 N–H and O–H groups in total. The summed E-state index contributed by atoms with van der Waals surface area (Å²) in [6.45, 7) is 5.15. The van der Waals surface area contributed by atoms with Crippen molar-refractivity contribution >= 4 is 28.3 Å². The normalized spacial score (nSPS) is 28.3. The molecule has 5 heteroatoms. The van der Waals surface area contributed by atoms with E-state index in [1.807, 2.05) is 23.3 Å². The first kappa shape index (κ1) is 11.0. The average molecular weight is 241 g/mol. The van der Waals surface area contributed by atoms with Crippen LogP contribution in [0.2, 0.25) is 0 Å². The highest BCUT2D eigenvalue weighted by Gasteiger charge is 2.30. The lowest BCUT2D eigenvalue weighted by Crippen LogP contribution is -2.39. The molecule has 1 aliphatic rings. The summed E-state index contributed by atoms with van der Waals surface area (Å²) in [6.07, 6.45) is 2.96. The lowest BCUT2D eigenvalue weighted by atomic mass is 10.0. The van der Waals surface area contributed by atoms with E-state index >= 15 is 0 Å². The first-order valence-corrected chi connectivity index (χ1v) is 6.92. The van der Waals surface area contributed by atoms with Gasteiger partial charge in [-0.3, -0.25) is 4.99 Å². The molecule has 3 nitrogen and oxygen atoms in total. The number of nitrogens with zero attached hydrogens (tertiary/aromatic N) is 2. The molecular formula is C10H15N3S2. The van der Waals surface area contributed by atoms with Crippen molar-refractivity contribution in [3.8, 4) is 0 Å². The maximum atomic E-state index is 4.53. The number of rotatable bonds is 3. The molecule has 1 unspecified atom stereocenters. The minimum atomic E-state index is 0.229. The zero-order chi connectivity index (χ0) is 10.7. The van der Waals surface area contributed by atoms with Crippen LogP contribution in [-0.2, 0) is 6.54 Å². The van der Waals surface area contributed by atoms with Gasteiger partial charge in [-0.1, -0.05) is 18.7 Å².